The highest BCUT2D eigenvalue weighted by molar-refractivity contribution is 5.90. The molecule has 0 N–H and O–H groups in total. The fraction of sp³-hybridized carbons (Fsp3) is 0.300. The van der Waals surface area contributed by atoms with Crippen molar-refractivity contribution in [1.82, 2.24) is 0 Å². The van der Waals surface area contributed by atoms with Gasteiger partial charge >= 0.3 is 23.9 Å². The Kier molecular flexibility index (Phi) is 16.6. The van der Waals surface area contributed by atoms with Gasteiger partial charge in [0.15, 0.2) is 12.2 Å². The van der Waals surface area contributed by atoms with Gasteiger partial charge in [-0.3, -0.25) is 9.98 Å². The minimum Gasteiger partial charge on any atom is -0.463 e. The van der Waals surface area contributed by atoms with Gasteiger partial charge in [-0.1, -0.05) is 75.2 Å². The Morgan fingerprint density at radius 2 is 0.900 bits per heavy atom. The van der Waals surface area contributed by atoms with Gasteiger partial charge in [0.05, 0.1) is 24.6 Å². The Hall–Kier alpha value is -5.64. The van der Waals surface area contributed by atoms with Crippen molar-refractivity contribution in [3.8, 4) is 0 Å². The van der Waals surface area contributed by atoms with Crippen LogP contribution < -0.4 is 0 Å². The molecule has 0 aliphatic rings. The molecule has 10 nitrogen and oxygen atoms in total. The third-order valence-corrected chi connectivity index (χ3v) is 7.01. The SMILES string of the molecule is CCCCOC(=O)[C@@H](C)OC(=O)/C=C/c1ccc(N=Cc2ccc(C=Nc3ccc(/C=C/C(=O)O[C@H](C)C(=O)OCCCC)cc3)cc2)cc1. The average Bonchev–Trinajstić information content (AvgIpc) is 3.12. The van der Waals surface area contributed by atoms with Crippen molar-refractivity contribution in [3.05, 3.63) is 107 Å². The molecule has 0 spiro atoms. The van der Waals surface area contributed by atoms with Crippen molar-refractivity contribution < 1.29 is 38.1 Å². The molecule has 2 atom stereocenters. The Bertz CT molecular complexity index is 1530. The first-order chi connectivity index (χ1) is 24.2. The monoisotopic (exact) mass is 680 g/mol. The van der Waals surface area contributed by atoms with E-state index in [1.807, 2.05) is 86.6 Å². The number of nitrogens with zero attached hydrogens (tertiary/aromatic N) is 2. The summed E-state index contributed by atoms with van der Waals surface area (Å²) in [5, 5.41) is 0. The highest BCUT2D eigenvalue weighted by Gasteiger charge is 2.18. The van der Waals surface area contributed by atoms with Crippen molar-refractivity contribution in [2.45, 2.75) is 65.6 Å². The van der Waals surface area contributed by atoms with Crippen LogP contribution in [-0.2, 0) is 38.1 Å². The average molecular weight is 681 g/mol. The van der Waals surface area contributed by atoms with Crippen LogP contribution in [0, 0.1) is 0 Å². The maximum absolute atomic E-state index is 12.1. The minimum absolute atomic E-state index is 0.311. The molecule has 3 aromatic carbocycles. The van der Waals surface area contributed by atoms with Crippen LogP contribution in [0.2, 0.25) is 0 Å². The summed E-state index contributed by atoms with van der Waals surface area (Å²) in [5.41, 5.74) is 4.86. The Labute approximate surface area is 293 Å². The van der Waals surface area contributed by atoms with E-state index in [9.17, 15) is 19.2 Å². The number of carbonyl (C=O) groups excluding carboxylic acids is 4. The van der Waals surface area contributed by atoms with E-state index in [0.717, 1.165) is 59.3 Å². The van der Waals surface area contributed by atoms with Gasteiger partial charge in [0.1, 0.15) is 0 Å². The van der Waals surface area contributed by atoms with Crippen LogP contribution in [0.4, 0.5) is 11.4 Å². The molecule has 0 unspecified atom stereocenters. The standard InChI is InChI=1S/C40H44N2O8/c1-5-7-25-47-39(45)29(3)49-37(43)23-17-31-13-19-35(20-14-31)41-27-33-9-11-34(12-10-33)28-42-36-21-15-32(16-22-36)18-24-38(44)50-30(4)40(46)48-26-8-6-2/h9-24,27-30H,5-8,25-26H2,1-4H3/b23-17+,24-18+,41-27?,42-28?/t29-,30-/m1/s1. The van der Waals surface area contributed by atoms with Gasteiger partial charge in [-0.25, -0.2) is 19.2 Å². The smallest absolute Gasteiger partial charge is 0.347 e. The zero-order valence-corrected chi connectivity index (χ0v) is 29.0. The largest absolute Gasteiger partial charge is 0.463 e. The van der Waals surface area contributed by atoms with Crippen LogP contribution in [0.15, 0.2) is 94.9 Å². The fourth-order valence-electron chi connectivity index (χ4n) is 4.03. The lowest BCUT2D eigenvalue weighted by Crippen LogP contribution is -2.25. The first kappa shape index (κ1) is 38.8. The number of hydrogen-bond acceptors (Lipinski definition) is 10. The normalized spacial score (nSPS) is 12.7. The second-order valence-corrected chi connectivity index (χ2v) is 11.2. The lowest BCUT2D eigenvalue weighted by molar-refractivity contribution is -0.163. The zero-order chi connectivity index (χ0) is 36.1. The lowest BCUT2D eigenvalue weighted by atomic mass is 10.1. The third-order valence-electron chi connectivity index (χ3n) is 7.01. The van der Waals surface area contributed by atoms with Crippen LogP contribution in [0.3, 0.4) is 0 Å². The van der Waals surface area contributed by atoms with E-state index in [1.54, 1.807) is 24.6 Å². The van der Waals surface area contributed by atoms with E-state index in [2.05, 4.69) is 9.98 Å². The summed E-state index contributed by atoms with van der Waals surface area (Å²) in [5.74, 6) is -2.37. The van der Waals surface area contributed by atoms with Crippen molar-refractivity contribution in [3.63, 3.8) is 0 Å². The number of ether oxygens (including phenoxy) is 4. The summed E-state index contributed by atoms with van der Waals surface area (Å²) in [4.78, 5) is 56.9. The van der Waals surface area contributed by atoms with Crippen molar-refractivity contribution in [2.75, 3.05) is 13.2 Å². The van der Waals surface area contributed by atoms with Crippen LogP contribution in [0.5, 0.6) is 0 Å². The molecule has 0 saturated heterocycles. The first-order valence-electron chi connectivity index (χ1n) is 16.7. The van der Waals surface area contributed by atoms with E-state index in [1.165, 1.54) is 26.0 Å². The maximum Gasteiger partial charge on any atom is 0.347 e. The number of benzene rings is 3. The predicted molar refractivity (Wildman–Crippen MR) is 195 cm³/mol. The second kappa shape index (κ2) is 21.4. The van der Waals surface area contributed by atoms with Crippen molar-refractivity contribution >= 4 is 59.8 Å². The van der Waals surface area contributed by atoms with E-state index in [0.29, 0.717) is 13.2 Å². The number of carbonyl (C=O) groups is 4. The van der Waals surface area contributed by atoms with Gasteiger partial charge in [0.2, 0.25) is 0 Å². The van der Waals surface area contributed by atoms with Crippen molar-refractivity contribution in [2.24, 2.45) is 9.98 Å². The quantitative estimate of drug-likeness (QED) is 0.0438. The summed E-state index contributed by atoms with van der Waals surface area (Å²) in [7, 11) is 0. The molecular formula is C40H44N2O8. The van der Waals surface area contributed by atoms with Gasteiger partial charge in [0.25, 0.3) is 0 Å². The molecule has 10 heteroatoms. The Balaban J connectivity index is 1.44. The van der Waals surface area contributed by atoms with Crippen LogP contribution in [-0.4, -0.2) is 61.7 Å². The maximum atomic E-state index is 12.1. The van der Waals surface area contributed by atoms with Crippen LogP contribution in [0.25, 0.3) is 12.2 Å². The second-order valence-electron chi connectivity index (χ2n) is 11.2. The summed E-state index contributed by atoms with van der Waals surface area (Å²) in [6.07, 6.45) is 10.7. The van der Waals surface area contributed by atoms with Gasteiger partial charge in [-0.15, -0.1) is 0 Å². The molecule has 262 valence electrons. The molecule has 50 heavy (non-hydrogen) atoms. The van der Waals surface area contributed by atoms with Gasteiger partial charge < -0.3 is 18.9 Å². The molecule has 0 saturated carbocycles. The molecule has 0 fully saturated rings. The molecule has 0 radical (unpaired) electrons. The third kappa shape index (κ3) is 14.6. The van der Waals surface area contributed by atoms with E-state index in [-0.39, 0.29) is 0 Å². The van der Waals surface area contributed by atoms with Crippen molar-refractivity contribution in [1.29, 1.82) is 0 Å². The van der Waals surface area contributed by atoms with E-state index >= 15 is 0 Å². The molecule has 3 aromatic rings. The van der Waals surface area contributed by atoms with E-state index < -0.39 is 36.1 Å². The molecule has 0 aliphatic heterocycles. The molecule has 0 aliphatic carbocycles. The van der Waals surface area contributed by atoms with Crippen LogP contribution >= 0.6 is 0 Å². The fourth-order valence-corrected chi connectivity index (χ4v) is 4.03. The Morgan fingerprint density at radius 3 is 1.24 bits per heavy atom. The number of aliphatic imine (C=N–C) groups is 2. The van der Waals surface area contributed by atoms with E-state index in [4.69, 9.17) is 18.9 Å². The molecule has 0 aromatic heterocycles. The number of esters is 4. The summed E-state index contributed by atoms with van der Waals surface area (Å²) in [6.45, 7) is 7.58. The summed E-state index contributed by atoms with van der Waals surface area (Å²) in [6, 6.07) is 22.4. The van der Waals surface area contributed by atoms with Gasteiger partial charge in [0, 0.05) is 24.6 Å². The first-order valence-corrected chi connectivity index (χ1v) is 16.7. The summed E-state index contributed by atoms with van der Waals surface area (Å²) < 4.78 is 20.3. The number of unbranched alkanes of at least 4 members (excludes halogenated alkanes) is 2. The van der Waals surface area contributed by atoms with Crippen LogP contribution in [0.1, 0.15) is 75.6 Å². The summed E-state index contributed by atoms with van der Waals surface area (Å²) >= 11 is 0. The molecule has 0 bridgehead atoms. The molecule has 3 rings (SSSR count). The highest BCUT2D eigenvalue weighted by atomic mass is 16.6. The lowest BCUT2D eigenvalue weighted by Gasteiger charge is -2.11. The minimum atomic E-state index is -0.971. The topological polar surface area (TPSA) is 130 Å². The van der Waals surface area contributed by atoms with Gasteiger partial charge in [-0.2, -0.15) is 0 Å². The predicted octanol–water partition coefficient (Wildman–Crippen LogP) is 7.76. The highest BCUT2D eigenvalue weighted by Crippen LogP contribution is 2.16. The van der Waals surface area contributed by atoms with Gasteiger partial charge in [-0.05, 0) is 85.4 Å². The Morgan fingerprint density at radius 1 is 0.560 bits per heavy atom. The number of rotatable bonds is 18. The molecular weight excluding hydrogens is 636 g/mol. The zero-order valence-electron chi connectivity index (χ0n) is 29.0. The molecule has 0 heterocycles. The molecule has 0 amide bonds. The number of hydrogen-bond donors (Lipinski definition) is 0.